The van der Waals surface area contributed by atoms with Crippen LogP contribution in [0.15, 0.2) is 10.7 Å². The Morgan fingerprint density at radius 2 is 2.11 bits per heavy atom. The van der Waals surface area contributed by atoms with Gasteiger partial charge in [-0.25, -0.2) is 0 Å². The summed E-state index contributed by atoms with van der Waals surface area (Å²) in [7, 11) is 1.98. The van der Waals surface area contributed by atoms with E-state index in [2.05, 4.69) is 28.0 Å². The highest BCUT2D eigenvalue weighted by Gasteiger charge is 2.28. The molecular weight excluding hydrogens is 302 g/mol. The smallest absolute Gasteiger partial charge is 0.0692 e. The number of aromatic nitrogens is 2. The van der Waals surface area contributed by atoms with Crippen LogP contribution in [0.3, 0.4) is 0 Å². The van der Waals surface area contributed by atoms with Crippen LogP contribution in [-0.4, -0.2) is 9.78 Å². The van der Waals surface area contributed by atoms with Crippen LogP contribution in [0.25, 0.3) is 0 Å². The molecule has 1 saturated carbocycles. The van der Waals surface area contributed by atoms with Gasteiger partial charge in [0.15, 0.2) is 0 Å². The van der Waals surface area contributed by atoms with Crippen molar-refractivity contribution in [2.75, 3.05) is 0 Å². The number of aryl methyl sites for hydroxylation is 1. The van der Waals surface area contributed by atoms with Crippen LogP contribution in [0.4, 0.5) is 0 Å². The molecule has 1 aliphatic rings. The first-order valence-electron chi connectivity index (χ1n) is 7.56. The predicted octanol–water partition coefficient (Wildman–Crippen LogP) is 4.18. The number of rotatable bonds is 5. The second-order valence-electron chi connectivity index (χ2n) is 5.95. The third-order valence-corrected chi connectivity index (χ3v) is 5.23. The van der Waals surface area contributed by atoms with Crippen LogP contribution in [0.5, 0.6) is 0 Å². The van der Waals surface area contributed by atoms with E-state index < -0.39 is 0 Å². The van der Waals surface area contributed by atoms with Gasteiger partial charge in [0.25, 0.3) is 0 Å². The third kappa shape index (κ3) is 3.60. The quantitative estimate of drug-likeness (QED) is 0.881. The molecule has 1 aromatic rings. The SMILES string of the molecule is CCCCC1CCC(C(N)c2c(Br)cnn2C)CC1. The topological polar surface area (TPSA) is 43.8 Å². The molecule has 0 aromatic carbocycles. The van der Waals surface area contributed by atoms with Crippen LogP contribution in [0.1, 0.15) is 63.6 Å². The molecule has 4 heteroatoms. The number of hydrogen-bond acceptors (Lipinski definition) is 2. The molecule has 0 bridgehead atoms. The number of nitrogens with zero attached hydrogens (tertiary/aromatic N) is 2. The summed E-state index contributed by atoms with van der Waals surface area (Å²) in [4.78, 5) is 0. The molecule has 1 atom stereocenters. The lowest BCUT2D eigenvalue weighted by molar-refractivity contribution is 0.228. The van der Waals surface area contributed by atoms with E-state index in [1.54, 1.807) is 0 Å². The van der Waals surface area contributed by atoms with Crippen molar-refractivity contribution in [1.82, 2.24) is 9.78 Å². The molecule has 1 fully saturated rings. The molecule has 2 rings (SSSR count). The Kier molecular flexibility index (Phi) is 5.46. The molecule has 0 aliphatic heterocycles. The summed E-state index contributed by atoms with van der Waals surface area (Å²) in [5.74, 6) is 1.56. The fraction of sp³-hybridized carbons (Fsp3) is 0.800. The summed E-state index contributed by atoms with van der Waals surface area (Å²) < 4.78 is 2.97. The van der Waals surface area contributed by atoms with Crippen molar-refractivity contribution in [3.63, 3.8) is 0 Å². The summed E-state index contributed by atoms with van der Waals surface area (Å²) >= 11 is 3.57. The third-order valence-electron chi connectivity index (χ3n) is 4.62. The van der Waals surface area contributed by atoms with Gasteiger partial charge in [0, 0.05) is 7.05 Å². The summed E-state index contributed by atoms with van der Waals surface area (Å²) in [6.07, 6.45) is 11.2. The Hall–Kier alpha value is -0.350. The number of nitrogens with two attached hydrogens (primary N) is 1. The molecule has 1 aromatic heterocycles. The maximum absolute atomic E-state index is 6.47. The van der Waals surface area contributed by atoms with Gasteiger partial charge in [-0.3, -0.25) is 4.68 Å². The van der Waals surface area contributed by atoms with Gasteiger partial charge in [-0.2, -0.15) is 5.10 Å². The molecule has 2 N–H and O–H groups in total. The highest BCUT2D eigenvalue weighted by atomic mass is 79.9. The van der Waals surface area contributed by atoms with Gasteiger partial charge in [0.1, 0.15) is 0 Å². The van der Waals surface area contributed by atoms with E-state index in [1.165, 1.54) is 44.9 Å². The molecule has 1 aliphatic carbocycles. The van der Waals surface area contributed by atoms with Crippen molar-refractivity contribution in [3.8, 4) is 0 Å². The fourth-order valence-corrected chi connectivity index (χ4v) is 3.96. The second-order valence-corrected chi connectivity index (χ2v) is 6.80. The lowest BCUT2D eigenvalue weighted by atomic mass is 9.76. The average molecular weight is 328 g/mol. The average Bonchev–Trinajstić information content (AvgIpc) is 2.76. The first kappa shape index (κ1) is 15.0. The zero-order valence-corrected chi connectivity index (χ0v) is 13.7. The van der Waals surface area contributed by atoms with Crippen molar-refractivity contribution >= 4 is 15.9 Å². The van der Waals surface area contributed by atoms with Crippen LogP contribution >= 0.6 is 15.9 Å². The molecular formula is C15H26BrN3. The Morgan fingerprint density at radius 3 is 2.63 bits per heavy atom. The van der Waals surface area contributed by atoms with E-state index in [4.69, 9.17) is 5.73 Å². The normalized spacial score (nSPS) is 25.5. The second kappa shape index (κ2) is 6.89. The summed E-state index contributed by atoms with van der Waals surface area (Å²) in [5.41, 5.74) is 7.62. The van der Waals surface area contributed by atoms with Gasteiger partial charge >= 0.3 is 0 Å². The molecule has 19 heavy (non-hydrogen) atoms. The number of halogens is 1. The summed E-state index contributed by atoms with van der Waals surface area (Å²) in [5, 5.41) is 4.28. The molecule has 0 saturated heterocycles. The van der Waals surface area contributed by atoms with Crippen LogP contribution in [0.2, 0.25) is 0 Å². The molecule has 0 amide bonds. The van der Waals surface area contributed by atoms with E-state index in [0.717, 1.165) is 16.1 Å². The summed E-state index contributed by atoms with van der Waals surface area (Å²) in [6.45, 7) is 2.28. The van der Waals surface area contributed by atoms with Gasteiger partial charge in [-0.15, -0.1) is 0 Å². The zero-order valence-electron chi connectivity index (χ0n) is 12.1. The fourth-order valence-electron chi connectivity index (χ4n) is 3.35. The van der Waals surface area contributed by atoms with Crippen molar-refractivity contribution in [3.05, 3.63) is 16.4 Å². The lowest BCUT2D eigenvalue weighted by Crippen LogP contribution is -2.28. The van der Waals surface area contributed by atoms with Gasteiger partial charge in [0.2, 0.25) is 0 Å². The monoisotopic (exact) mass is 327 g/mol. The highest BCUT2D eigenvalue weighted by Crippen LogP contribution is 2.38. The zero-order chi connectivity index (χ0) is 13.8. The minimum Gasteiger partial charge on any atom is -0.322 e. The van der Waals surface area contributed by atoms with E-state index in [9.17, 15) is 0 Å². The van der Waals surface area contributed by atoms with Gasteiger partial charge in [-0.05, 0) is 40.6 Å². The van der Waals surface area contributed by atoms with E-state index in [0.29, 0.717) is 5.92 Å². The molecule has 1 unspecified atom stereocenters. The van der Waals surface area contributed by atoms with Gasteiger partial charge < -0.3 is 5.73 Å². The molecule has 1 heterocycles. The van der Waals surface area contributed by atoms with E-state index >= 15 is 0 Å². The van der Waals surface area contributed by atoms with Crippen LogP contribution in [0, 0.1) is 11.8 Å². The van der Waals surface area contributed by atoms with Crippen molar-refractivity contribution in [2.24, 2.45) is 24.6 Å². The number of hydrogen-bond donors (Lipinski definition) is 1. The summed E-state index contributed by atoms with van der Waals surface area (Å²) in [6, 6.07) is 0.119. The Labute approximate surface area is 125 Å². The largest absolute Gasteiger partial charge is 0.322 e. The predicted molar refractivity (Wildman–Crippen MR) is 82.8 cm³/mol. The standard InChI is InChI=1S/C15H26BrN3/c1-3-4-5-11-6-8-12(9-7-11)14(17)15-13(16)10-18-19(15)2/h10-12,14H,3-9,17H2,1-2H3. The molecule has 3 nitrogen and oxygen atoms in total. The first-order valence-corrected chi connectivity index (χ1v) is 8.35. The molecule has 0 radical (unpaired) electrons. The maximum Gasteiger partial charge on any atom is 0.0692 e. The lowest BCUT2D eigenvalue weighted by Gasteiger charge is -2.32. The van der Waals surface area contributed by atoms with Crippen molar-refractivity contribution < 1.29 is 0 Å². The van der Waals surface area contributed by atoms with Crippen LogP contribution in [-0.2, 0) is 7.05 Å². The van der Waals surface area contributed by atoms with Gasteiger partial charge in [0.05, 0.1) is 22.4 Å². The molecule has 108 valence electrons. The van der Waals surface area contributed by atoms with Crippen molar-refractivity contribution in [2.45, 2.75) is 57.9 Å². The van der Waals surface area contributed by atoms with E-state index in [1.807, 2.05) is 17.9 Å². The minimum atomic E-state index is 0.119. The number of unbranched alkanes of at least 4 members (excludes halogenated alkanes) is 1. The van der Waals surface area contributed by atoms with Crippen LogP contribution < -0.4 is 5.73 Å². The van der Waals surface area contributed by atoms with Crippen molar-refractivity contribution in [1.29, 1.82) is 0 Å². The van der Waals surface area contributed by atoms with Gasteiger partial charge in [-0.1, -0.05) is 39.0 Å². The minimum absolute atomic E-state index is 0.119. The highest BCUT2D eigenvalue weighted by molar-refractivity contribution is 9.10. The Bertz CT molecular complexity index is 375. The first-order chi connectivity index (χ1) is 9.13. The maximum atomic E-state index is 6.47. The molecule has 0 spiro atoms. The Morgan fingerprint density at radius 1 is 1.42 bits per heavy atom. The van der Waals surface area contributed by atoms with E-state index in [-0.39, 0.29) is 6.04 Å². The Balaban J connectivity index is 1.91.